The van der Waals surface area contributed by atoms with Crippen molar-refractivity contribution in [2.75, 3.05) is 24.6 Å². The summed E-state index contributed by atoms with van der Waals surface area (Å²) in [6.07, 6.45) is 3.32. The highest BCUT2D eigenvalue weighted by Crippen LogP contribution is 2.28. The smallest absolute Gasteiger partial charge is 0.171 e. The zero-order valence-corrected chi connectivity index (χ0v) is 9.59. The van der Waals surface area contributed by atoms with Gasteiger partial charge in [0.15, 0.2) is 11.6 Å². The zero-order valence-electron chi connectivity index (χ0n) is 9.59. The summed E-state index contributed by atoms with van der Waals surface area (Å²) in [5.74, 6) is 1.67. The normalized spacial score (nSPS) is 20.1. The predicted molar refractivity (Wildman–Crippen MR) is 62.9 cm³/mol. The number of β-amino-alcohol motifs (C(OH)–C–C–N with tert-alkyl or cyclic N) is 1. The molecule has 1 saturated heterocycles. The van der Waals surface area contributed by atoms with E-state index in [-0.39, 0.29) is 6.10 Å². The van der Waals surface area contributed by atoms with Gasteiger partial charge in [-0.25, -0.2) is 4.98 Å². The summed E-state index contributed by atoms with van der Waals surface area (Å²) >= 11 is 0. The number of aliphatic hydroxyl groups is 1. The van der Waals surface area contributed by atoms with E-state index in [0.29, 0.717) is 13.2 Å². The third-order valence-corrected chi connectivity index (χ3v) is 2.68. The average Bonchev–Trinajstić information content (AvgIpc) is 2.73. The summed E-state index contributed by atoms with van der Waals surface area (Å²) < 4.78 is 5.65. The Hall–Kier alpha value is -1.29. The molecule has 1 fully saturated rings. The maximum Gasteiger partial charge on any atom is 0.171 e. The van der Waals surface area contributed by atoms with E-state index in [1.54, 1.807) is 6.20 Å². The third-order valence-electron chi connectivity index (χ3n) is 2.68. The van der Waals surface area contributed by atoms with Gasteiger partial charge in [0.1, 0.15) is 0 Å². The number of hydrogen-bond acceptors (Lipinski definition) is 4. The van der Waals surface area contributed by atoms with Crippen LogP contribution in [0.15, 0.2) is 18.3 Å². The molecular weight excluding hydrogens is 204 g/mol. The molecule has 1 aliphatic rings. The van der Waals surface area contributed by atoms with Crippen molar-refractivity contribution >= 4 is 5.82 Å². The Balaban J connectivity index is 2.12. The largest absolute Gasteiger partial charge is 0.490 e. The minimum atomic E-state index is -0.235. The lowest BCUT2D eigenvalue weighted by Gasteiger charge is -2.19. The van der Waals surface area contributed by atoms with Gasteiger partial charge in [-0.2, -0.15) is 0 Å². The first-order valence-electron chi connectivity index (χ1n) is 5.82. The number of aromatic nitrogens is 1. The van der Waals surface area contributed by atoms with Gasteiger partial charge in [-0.1, -0.05) is 6.92 Å². The lowest BCUT2D eigenvalue weighted by atomic mass is 10.3. The van der Waals surface area contributed by atoms with E-state index in [1.165, 1.54) is 0 Å². The van der Waals surface area contributed by atoms with Gasteiger partial charge >= 0.3 is 0 Å². The lowest BCUT2D eigenvalue weighted by molar-refractivity contribution is 0.198. The fourth-order valence-corrected chi connectivity index (χ4v) is 1.88. The lowest BCUT2D eigenvalue weighted by Crippen LogP contribution is -2.23. The highest BCUT2D eigenvalue weighted by atomic mass is 16.5. The van der Waals surface area contributed by atoms with Gasteiger partial charge in [0, 0.05) is 19.3 Å². The van der Waals surface area contributed by atoms with Crippen LogP contribution in [0.25, 0.3) is 0 Å². The van der Waals surface area contributed by atoms with E-state index in [4.69, 9.17) is 4.74 Å². The molecule has 0 spiro atoms. The van der Waals surface area contributed by atoms with Gasteiger partial charge in [0.05, 0.1) is 12.7 Å². The van der Waals surface area contributed by atoms with Crippen LogP contribution in [0.4, 0.5) is 5.82 Å². The zero-order chi connectivity index (χ0) is 11.4. The van der Waals surface area contributed by atoms with Crippen molar-refractivity contribution in [1.82, 2.24) is 4.98 Å². The molecule has 2 heterocycles. The van der Waals surface area contributed by atoms with Crippen LogP contribution >= 0.6 is 0 Å². The summed E-state index contributed by atoms with van der Waals surface area (Å²) in [5, 5.41) is 9.52. The first-order chi connectivity index (χ1) is 7.81. The third kappa shape index (κ3) is 2.44. The maximum atomic E-state index is 9.52. The number of ether oxygens (including phenoxy) is 1. The molecule has 0 radical (unpaired) electrons. The van der Waals surface area contributed by atoms with Gasteiger partial charge in [0.2, 0.25) is 0 Å². The van der Waals surface area contributed by atoms with Crippen molar-refractivity contribution in [3.63, 3.8) is 0 Å². The van der Waals surface area contributed by atoms with Crippen molar-refractivity contribution in [1.29, 1.82) is 0 Å². The summed E-state index contributed by atoms with van der Waals surface area (Å²) in [5.41, 5.74) is 0. The van der Waals surface area contributed by atoms with Crippen LogP contribution in [0, 0.1) is 0 Å². The van der Waals surface area contributed by atoms with E-state index in [9.17, 15) is 5.11 Å². The number of hydrogen-bond donors (Lipinski definition) is 1. The van der Waals surface area contributed by atoms with Crippen molar-refractivity contribution in [2.45, 2.75) is 25.9 Å². The van der Waals surface area contributed by atoms with Crippen LogP contribution in [0.2, 0.25) is 0 Å². The molecule has 0 aliphatic carbocycles. The molecule has 0 amide bonds. The minimum Gasteiger partial charge on any atom is -0.490 e. The Kier molecular flexibility index (Phi) is 3.62. The number of aliphatic hydroxyl groups excluding tert-OH is 1. The summed E-state index contributed by atoms with van der Waals surface area (Å²) in [6.45, 7) is 4.28. The molecule has 1 aromatic heterocycles. The van der Waals surface area contributed by atoms with Crippen LogP contribution in [0.3, 0.4) is 0 Å². The van der Waals surface area contributed by atoms with E-state index >= 15 is 0 Å². The summed E-state index contributed by atoms with van der Waals surface area (Å²) in [7, 11) is 0. The van der Waals surface area contributed by atoms with E-state index in [0.717, 1.165) is 31.0 Å². The van der Waals surface area contributed by atoms with Gasteiger partial charge in [-0.05, 0) is 25.0 Å². The Morgan fingerprint density at radius 2 is 2.50 bits per heavy atom. The van der Waals surface area contributed by atoms with Crippen LogP contribution in [0.1, 0.15) is 19.8 Å². The molecule has 0 bridgehead atoms. The molecule has 1 atom stereocenters. The van der Waals surface area contributed by atoms with Crippen molar-refractivity contribution < 1.29 is 9.84 Å². The number of anilines is 1. The molecule has 1 N–H and O–H groups in total. The molecular formula is C12H18N2O2. The Labute approximate surface area is 95.9 Å². The monoisotopic (exact) mass is 222 g/mol. The predicted octanol–water partition coefficient (Wildman–Crippen LogP) is 1.44. The Morgan fingerprint density at radius 3 is 3.19 bits per heavy atom. The number of rotatable bonds is 4. The van der Waals surface area contributed by atoms with Crippen LogP contribution < -0.4 is 9.64 Å². The molecule has 4 nitrogen and oxygen atoms in total. The number of nitrogens with zero attached hydrogens (tertiary/aromatic N) is 2. The van der Waals surface area contributed by atoms with Gasteiger partial charge in [-0.15, -0.1) is 0 Å². The molecule has 16 heavy (non-hydrogen) atoms. The maximum absolute atomic E-state index is 9.52. The van der Waals surface area contributed by atoms with Gasteiger partial charge in [-0.3, -0.25) is 0 Å². The molecule has 1 aromatic rings. The second kappa shape index (κ2) is 5.16. The molecule has 1 aliphatic heterocycles. The molecule has 0 aromatic carbocycles. The van der Waals surface area contributed by atoms with Crippen LogP contribution in [0.5, 0.6) is 5.75 Å². The standard InChI is InChI=1S/C12H18N2O2/c1-2-8-16-11-4-3-6-13-12(11)14-7-5-10(15)9-14/h3-4,6,10,15H,2,5,7-9H2,1H3. The van der Waals surface area contributed by atoms with Crippen LogP contribution in [-0.4, -0.2) is 35.9 Å². The first-order valence-corrected chi connectivity index (χ1v) is 5.82. The van der Waals surface area contributed by atoms with E-state index < -0.39 is 0 Å². The quantitative estimate of drug-likeness (QED) is 0.837. The summed E-state index contributed by atoms with van der Waals surface area (Å²) in [4.78, 5) is 6.42. The average molecular weight is 222 g/mol. The van der Waals surface area contributed by atoms with E-state index in [1.807, 2.05) is 12.1 Å². The SMILES string of the molecule is CCCOc1cccnc1N1CCC(O)C1. The Morgan fingerprint density at radius 1 is 1.62 bits per heavy atom. The molecule has 0 saturated carbocycles. The second-order valence-electron chi connectivity index (χ2n) is 4.06. The minimum absolute atomic E-state index is 0.235. The highest BCUT2D eigenvalue weighted by molar-refractivity contribution is 5.52. The van der Waals surface area contributed by atoms with Crippen LogP contribution in [-0.2, 0) is 0 Å². The second-order valence-corrected chi connectivity index (χ2v) is 4.06. The summed E-state index contributed by atoms with van der Waals surface area (Å²) in [6, 6.07) is 3.81. The molecule has 88 valence electrons. The van der Waals surface area contributed by atoms with Crippen molar-refractivity contribution in [3.8, 4) is 5.75 Å². The first kappa shape index (κ1) is 11.2. The van der Waals surface area contributed by atoms with Gasteiger partial charge < -0.3 is 14.7 Å². The fraction of sp³-hybridized carbons (Fsp3) is 0.583. The van der Waals surface area contributed by atoms with Crippen molar-refractivity contribution in [2.24, 2.45) is 0 Å². The number of pyridine rings is 1. The highest BCUT2D eigenvalue weighted by Gasteiger charge is 2.23. The Bertz CT molecular complexity index is 344. The molecule has 4 heteroatoms. The van der Waals surface area contributed by atoms with Crippen molar-refractivity contribution in [3.05, 3.63) is 18.3 Å². The fourth-order valence-electron chi connectivity index (χ4n) is 1.88. The molecule has 1 unspecified atom stereocenters. The van der Waals surface area contributed by atoms with Gasteiger partial charge in [0.25, 0.3) is 0 Å². The topological polar surface area (TPSA) is 45.6 Å². The van der Waals surface area contributed by atoms with E-state index in [2.05, 4.69) is 16.8 Å². The molecule has 2 rings (SSSR count).